The standard InChI is InChI=1S/C16H20BrNO/c1-5-15-12(6-7-19-15)16(18-4)13-8-11(3)14(17)9-10(13)2/h6-9,16,18H,5H2,1-4H3. The van der Waals surface area contributed by atoms with Gasteiger partial charge in [0.15, 0.2) is 0 Å². The number of aryl methyl sites for hydroxylation is 3. The summed E-state index contributed by atoms with van der Waals surface area (Å²) >= 11 is 3.59. The first-order valence-electron chi connectivity index (χ1n) is 6.58. The molecular weight excluding hydrogens is 302 g/mol. The molecule has 2 aromatic rings. The van der Waals surface area contributed by atoms with Crippen molar-refractivity contribution in [1.29, 1.82) is 0 Å². The molecule has 102 valence electrons. The van der Waals surface area contributed by atoms with E-state index in [0.29, 0.717) is 0 Å². The molecule has 1 aromatic heterocycles. The Morgan fingerprint density at radius 1 is 1.21 bits per heavy atom. The van der Waals surface area contributed by atoms with Crippen LogP contribution >= 0.6 is 15.9 Å². The molecule has 0 aliphatic carbocycles. The van der Waals surface area contributed by atoms with Gasteiger partial charge in [-0.05, 0) is 49.7 Å². The molecule has 19 heavy (non-hydrogen) atoms. The lowest BCUT2D eigenvalue weighted by atomic mass is 9.93. The second-order valence-electron chi connectivity index (χ2n) is 4.83. The van der Waals surface area contributed by atoms with Crippen molar-refractivity contribution >= 4 is 15.9 Å². The van der Waals surface area contributed by atoms with Crippen LogP contribution in [0, 0.1) is 13.8 Å². The van der Waals surface area contributed by atoms with Crippen LogP contribution in [0.15, 0.2) is 33.4 Å². The Morgan fingerprint density at radius 3 is 2.58 bits per heavy atom. The molecule has 1 aromatic carbocycles. The van der Waals surface area contributed by atoms with E-state index in [2.05, 4.69) is 60.2 Å². The van der Waals surface area contributed by atoms with Gasteiger partial charge in [0, 0.05) is 16.5 Å². The van der Waals surface area contributed by atoms with Gasteiger partial charge in [-0.15, -0.1) is 0 Å². The summed E-state index contributed by atoms with van der Waals surface area (Å²) in [5.41, 5.74) is 5.07. The fraction of sp³-hybridized carbons (Fsp3) is 0.375. The minimum atomic E-state index is 0.181. The number of hydrogen-bond donors (Lipinski definition) is 1. The number of furan rings is 1. The van der Waals surface area contributed by atoms with Crippen molar-refractivity contribution in [1.82, 2.24) is 5.32 Å². The first kappa shape index (κ1) is 14.4. The lowest BCUT2D eigenvalue weighted by Crippen LogP contribution is -2.19. The summed E-state index contributed by atoms with van der Waals surface area (Å²) < 4.78 is 6.72. The van der Waals surface area contributed by atoms with Crippen LogP contribution in [-0.2, 0) is 6.42 Å². The van der Waals surface area contributed by atoms with Gasteiger partial charge >= 0.3 is 0 Å². The average molecular weight is 322 g/mol. The van der Waals surface area contributed by atoms with Gasteiger partial charge in [-0.2, -0.15) is 0 Å². The highest BCUT2D eigenvalue weighted by Gasteiger charge is 2.19. The van der Waals surface area contributed by atoms with Gasteiger partial charge < -0.3 is 9.73 Å². The van der Waals surface area contributed by atoms with Crippen LogP contribution < -0.4 is 5.32 Å². The smallest absolute Gasteiger partial charge is 0.108 e. The van der Waals surface area contributed by atoms with Crippen LogP contribution in [-0.4, -0.2) is 7.05 Å². The van der Waals surface area contributed by atoms with E-state index in [1.54, 1.807) is 6.26 Å². The van der Waals surface area contributed by atoms with Crippen molar-refractivity contribution in [3.8, 4) is 0 Å². The molecule has 0 aliphatic heterocycles. The normalized spacial score (nSPS) is 12.7. The summed E-state index contributed by atoms with van der Waals surface area (Å²) in [6.45, 7) is 6.39. The van der Waals surface area contributed by atoms with E-state index in [0.717, 1.165) is 16.7 Å². The monoisotopic (exact) mass is 321 g/mol. The second kappa shape index (κ2) is 5.93. The SMILES string of the molecule is CCc1occc1C(NC)c1cc(C)c(Br)cc1C. The highest BCUT2D eigenvalue weighted by molar-refractivity contribution is 9.10. The fourth-order valence-corrected chi connectivity index (χ4v) is 2.95. The molecule has 0 fully saturated rings. The van der Waals surface area contributed by atoms with Crippen molar-refractivity contribution in [3.05, 3.63) is 56.9 Å². The maximum atomic E-state index is 5.56. The number of rotatable bonds is 4. The van der Waals surface area contributed by atoms with Crippen LogP contribution in [0.4, 0.5) is 0 Å². The van der Waals surface area contributed by atoms with Gasteiger partial charge in [-0.3, -0.25) is 0 Å². The van der Waals surface area contributed by atoms with Crippen LogP contribution in [0.3, 0.4) is 0 Å². The van der Waals surface area contributed by atoms with Gasteiger partial charge in [0.25, 0.3) is 0 Å². The van der Waals surface area contributed by atoms with Gasteiger partial charge in [-0.25, -0.2) is 0 Å². The van der Waals surface area contributed by atoms with Crippen molar-refractivity contribution in [2.45, 2.75) is 33.2 Å². The third-order valence-electron chi connectivity index (χ3n) is 3.56. The van der Waals surface area contributed by atoms with E-state index in [1.165, 1.54) is 22.3 Å². The molecule has 3 heteroatoms. The minimum Gasteiger partial charge on any atom is -0.469 e. The highest BCUT2D eigenvalue weighted by Crippen LogP contribution is 2.31. The summed E-state index contributed by atoms with van der Waals surface area (Å²) in [4.78, 5) is 0. The largest absolute Gasteiger partial charge is 0.469 e. The van der Waals surface area contributed by atoms with Crippen molar-refractivity contribution in [2.24, 2.45) is 0 Å². The topological polar surface area (TPSA) is 25.2 Å². The molecule has 0 saturated heterocycles. The zero-order valence-corrected chi connectivity index (χ0v) is 13.5. The Labute approximate surface area is 123 Å². The average Bonchev–Trinajstić information content (AvgIpc) is 2.84. The van der Waals surface area contributed by atoms with Gasteiger partial charge in [0.1, 0.15) is 5.76 Å². The second-order valence-corrected chi connectivity index (χ2v) is 5.69. The van der Waals surface area contributed by atoms with Crippen molar-refractivity contribution < 1.29 is 4.42 Å². The van der Waals surface area contributed by atoms with Crippen LogP contribution in [0.2, 0.25) is 0 Å². The number of hydrogen-bond acceptors (Lipinski definition) is 2. The van der Waals surface area contributed by atoms with E-state index >= 15 is 0 Å². The molecule has 1 N–H and O–H groups in total. The lowest BCUT2D eigenvalue weighted by molar-refractivity contribution is 0.504. The van der Waals surface area contributed by atoms with E-state index in [-0.39, 0.29) is 6.04 Å². The summed E-state index contributed by atoms with van der Waals surface area (Å²) in [7, 11) is 1.99. The van der Waals surface area contributed by atoms with E-state index in [4.69, 9.17) is 4.42 Å². The number of benzene rings is 1. The predicted octanol–water partition coefficient (Wildman–Crippen LogP) is 4.53. The predicted molar refractivity (Wildman–Crippen MR) is 82.6 cm³/mol. The molecule has 0 saturated carbocycles. The first-order chi connectivity index (χ1) is 9.08. The molecule has 1 unspecified atom stereocenters. The Balaban J connectivity index is 2.51. The third kappa shape index (κ3) is 2.77. The zero-order chi connectivity index (χ0) is 14.0. The van der Waals surface area contributed by atoms with E-state index in [1.807, 2.05) is 7.05 Å². The highest BCUT2D eigenvalue weighted by atomic mass is 79.9. The Bertz CT molecular complexity index is 574. The van der Waals surface area contributed by atoms with Crippen LogP contribution in [0.1, 0.15) is 41.0 Å². The summed E-state index contributed by atoms with van der Waals surface area (Å²) in [6.07, 6.45) is 2.69. The summed E-state index contributed by atoms with van der Waals surface area (Å²) in [5, 5.41) is 3.41. The molecule has 2 rings (SSSR count). The van der Waals surface area contributed by atoms with E-state index in [9.17, 15) is 0 Å². The number of halogens is 1. The van der Waals surface area contributed by atoms with Crippen molar-refractivity contribution in [2.75, 3.05) is 7.05 Å². The molecule has 0 aliphatic rings. The zero-order valence-electron chi connectivity index (χ0n) is 11.9. The van der Waals surface area contributed by atoms with Crippen LogP contribution in [0.5, 0.6) is 0 Å². The Hall–Kier alpha value is -1.06. The Morgan fingerprint density at radius 2 is 1.95 bits per heavy atom. The molecule has 1 atom stereocenters. The van der Waals surface area contributed by atoms with E-state index < -0.39 is 0 Å². The van der Waals surface area contributed by atoms with Gasteiger partial charge in [-0.1, -0.05) is 28.9 Å². The van der Waals surface area contributed by atoms with Crippen LogP contribution in [0.25, 0.3) is 0 Å². The maximum Gasteiger partial charge on any atom is 0.108 e. The molecule has 0 spiro atoms. The minimum absolute atomic E-state index is 0.181. The number of nitrogens with one attached hydrogen (secondary N) is 1. The Kier molecular flexibility index (Phi) is 4.48. The fourth-order valence-electron chi connectivity index (χ4n) is 2.49. The van der Waals surface area contributed by atoms with Gasteiger partial charge in [0.05, 0.1) is 12.3 Å². The third-order valence-corrected chi connectivity index (χ3v) is 4.41. The van der Waals surface area contributed by atoms with Crippen molar-refractivity contribution in [3.63, 3.8) is 0 Å². The molecule has 2 nitrogen and oxygen atoms in total. The summed E-state index contributed by atoms with van der Waals surface area (Å²) in [5.74, 6) is 1.05. The summed E-state index contributed by atoms with van der Waals surface area (Å²) in [6, 6.07) is 6.67. The molecule has 0 amide bonds. The first-order valence-corrected chi connectivity index (χ1v) is 7.38. The lowest BCUT2D eigenvalue weighted by Gasteiger charge is -2.20. The molecule has 0 radical (unpaired) electrons. The molecular formula is C16H20BrNO. The van der Waals surface area contributed by atoms with Gasteiger partial charge in [0.2, 0.25) is 0 Å². The maximum absolute atomic E-state index is 5.56. The molecule has 0 bridgehead atoms. The molecule has 1 heterocycles. The quantitative estimate of drug-likeness (QED) is 0.894.